The molecule has 4 N–H and O–H groups in total. The lowest BCUT2D eigenvalue weighted by atomic mass is 10.2. The number of nitrogens with one attached hydrogen (secondary N) is 2. The van der Waals surface area contributed by atoms with Crippen LogP contribution in [0.1, 0.15) is 19.4 Å². The van der Waals surface area contributed by atoms with E-state index in [1.54, 1.807) is 0 Å². The Hall–Kier alpha value is -1.56. The number of aryl methyl sites for hydroxylation is 1. The number of aliphatic imine (C=N–C) groups is 1. The van der Waals surface area contributed by atoms with E-state index in [0.29, 0.717) is 0 Å². The lowest BCUT2D eigenvalue weighted by molar-refractivity contribution is -0.114. The van der Waals surface area contributed by atoms with Crippen molar-refractivity contribution in [2.75, 3.05) is 11.9 Å². The third kappa shape index (κ3) is 5.74. The van der Waals surface area contributed by atoms with Crippen LogP contribution in [0.4, 0.5) is 5.69 Å². The van der Waals surface area contributed by atoms with Gasteiger partial charge in [0, 0.05) is 16.2 Å². The molecule has 0 radical (unpaired) electrons. The van der Waals surface area contributed by atoms with Crippen molar-refractivity contribution in [1.29, 1.82) is 0 Å². The molecule has 6 heteroatoms. The molecule has 0 atom stereocenters. The highest BCUT2D eigenvalue weighted by atomic mass is 79.9. The zero-order chi connectivity index (χ0) is 14.4. The number of hydrogen-bond acceptors (Lipinski definition) is 2. The second-order valence-corrected chi connectivity index (χ2v) is 5.42. The van der Waals surface area contributed by atoms with E-state index in [1.165, 1.54) is 0 Å². The Kier molecular flexibility index (Phi) is 5.82. The van der Waals surface area contributed by atoms with Gasteiger partial charge in [0.1, 0.15) is 6.54 Å². The van der Waals surface area contributed by atoms with Crippen molar-refractivity contribution in [3.63, 3.8) is 0 Å². The van der Waals surface area contributed by atoms with Gasteiger partial charge in [-0.1, -0.05) is 22.0 Å². The topological polar surface area (TPSA) is 79.5 Å². The van der Waals surface area contributed by atoms with Gasteiger partial charge in [-0.25, -0.2) is 4.99 Å². The van der Waals surface area contributed by atoms with E-state index in [4.69, 9.17) is 5.73 Å². The molecular formula is C13H19BrN4O. The molecule has 19 heavy (non-hydrogen) atoms. The van der Waals surface area contributed by atoms with Gasteiger partial charge in [-0.05, 0) is 38.5 Å². The number of benzene rings is 1. The van der Waals surface area contributed by atoms with Crippen LogP contribution in [0.3, 0.4) is 0 Å². The molecule has 1 amide bonds. The van der Waals surface area contributed by atoms with Crippen molar-refractivity contribution in [1.82, 2.24) is 5.32 Å². The van der Waals surface area contributed by atoms with E-state index >= 15 is 0 Å². The van der Waals surface area contributed by atoms with Crippen LogP contribution in [0.2, 0.25) is 0 Å². The summed E-state index contributed by atoms with van der Waals surface area (Å²) in [6, 6.07) is 5.90. The molecule has 0 fully saturated rings. The number of halogens is 1. The smallest absolute Gasteiger partial charge is 0.246 e. The highest BCUT2D eigenvalue weighted by Gasteiger charge is 2.05. The summed E-state index contributed by atoms with van der Waals surface area (Å²) in [7, 11) is 0. The summed E-state index contributed by atoms with van der Waals surface area (Å²) >= 11 is 3.37. The maximum atomic E-state index is 11.7. The number of anilines is 1. The number of nitrogens with two attached hydrogens (primary N) is 1. The third-order valence-electron chi connectivity index (χ3n) is 2.30. The zero-order valence-corrected chi connectivity index (χ0v) is 12.9. The normalized spacial score (nSPS) is 11.5. The maximum absolute atomic E-state index is 11.7. The first-order valence-corrected chi connectivity index (χ1v) is 6.80. The van der Waals surface area contributed by atoms with Crippen LogP contribution in [-0.2, 0) is 4.79 Å². The minimum atomic E-state index is -0.199. The van der Waals surface area contributed by atoms with Gasteiger partial charge in [0.15, 0.2) is 5.96 Å². The fourth-order valence-electron chi connectivity index (χ4n) is 1.42. The standard InChI is InChI=1S/C13H19BrN4O/c1-8(2)17-13(15)16-7-12(19)18-11-6-10(14)5-4-9(11)3/h4-6,8H,7H2,1-3H3,(H,18,19)(H3,15,16,17). The minimum absolute atomic E-state index is 0.00247. The molecule has 104 valence electrons. The molecule has 0 aliphatic heterocycles. The van der Waals surface area contributed by atoms with Crippen molar-refractivity contribution in [3.05, 3.63) is 28.2 Å². The van der Waals surface area contributed by atoms with Crippen LogP contribution < -0.4 is 16.4 Å². The molecule has 0 spiro atoms. The molecule has 0 aromatic heterocycles. The highest BCUT2D eigenvalue weighted by molar-refractivity contribution is 9.10. The quantitative estimate of drug-likeness (QED) is 0.585. The average Bonchev–Trinajstić information content (AvgIpc) is 2.30. The molecule has 0 saturated heterocycles. The Labute approximate surface area is 121 Å². The van der Waals surface area contributed by atoms with Crippen LogP contribution in [0.25, 0.3) is 0 Å². The summed E-state index contributed by atoms with van der Waals surface area (Å²) in [5, 5.41) is 5.72. The first-order valence-electron chi connectivity index (χ1n) is 6.01. The number of guanidine groups is 1. The van der Waals surface area contributed by atoms with Crippen LogP contribution in [0, 0.1) is 6.92 Å². The first kappa shape index (κ1) is 15.5. The second-order valence-electron chi connectivity index (χ2n) is 4.51. The molecule has 1 rings (SSSR count). The molecule has 1 aromatic carbocycles. The van der Waals surface area contributed by atoms with Gasteiger partial charge in [-0.3, -0.25) is 4.79 Å². The van der Waals surface area contributed by atoms with Crippen LogP contribution in [0.15, 0.2) is 27.7 Å². The van der Waals surface area contributed by atoms with Gasteiger partial charge in [-0.15, -0.1) is 0 Å². The van der Waals surface area contributed by atoms with Crippen molar-refractivity contribution in [2.24, 2.45) is 10.7 Å². The summed E-state index contributed by atoms with van der Waals surface area (Å²) < 4.78 is 0.915. The van der Waals surface area contributed by atoms with Crippen molar-refractivity contribution in [3.8, 4) is 0 Å². The molecule has 0 bridgehead atoms. The van der Waals surface area contributed by atoms with Gasteiger partial charge >= 0.3 is 0 Å². The molecule has 0 aliphatic rings. The van der Waals surface area contributed by atoms with E-state index in [1.807, 2.05) is 39.0 Å². The predicted octanol–water partition coefficient (Wildman–Crippen LogP) is 2.01. The summed E-state index contributed by atoms with van der Waals surface area (Å²) in [6.45, 7) is 5.83. The van der Waals surface area contributed by atoms with E-state index in [0.717, 1.165) is 15.7 Å². The third-order valence-corrected chi connectivity index (χ3v) is 2.80. The second kappa shape index (κ2) is 7.13. The summed E-state index contributed by atoms with van der Waals surface area (Å²) in [4.78, 5) is 15.7. The van der Waals surface area contributed by atoms with Crippen LogP contribution in [0.5, 0.6) is 0 Å². The van der Waals surface area contributed by atoms with Crippen molar-refractivity contribution < 1.29 is 4.79 Å². The lowest BCUT2D eigenvalue weighted by Gasteiger charge is -2.10. The first-order chi connectivity index (χ1) is 8.88. The van der Waals surface area contributed by atoms with Gasteiger partial charge in [0.05, 0.1) is 0 Å². The van der Waals surface area contributed by atoms with Crippen LogP contribution in [-0.4, -0.2) is 24.5 Å². The van der Waals surface area contributed by atoms with E-state index in [-0.39, 0.29) is 24.5 Å². The Morgan fingerprint density at radius 2 is 2.16 bits per heavy atom. The van der Waals surface area contributed by atoms with Gasteiger partial charge in [-0.2, -0.15) is 0 Å². The van der Waals surface area contributed by atoms with E-state index in [2.05, 4.69) is 31.6 Å². The van der Waals surface area contributed by atoms with Gasteiger partial charge in [0.2, 0.25) is 5.91 Å². The van der Waals surface area contributed by atoms with E-state index < -0.39 is 0 Å². The molecule has 5 nitrogen and oxygen atoms in total. The fourth-order valence-corrected chi connectivity index (χ4v) is 1.78. The summed E-state index contributed by atoms with van der Waals surface area (Å²) in [6.07, 6.45) is 0. The molecule has 0 unspecified atom stereocenters. The number of rotatable bonds is 4. The predicted molar refractivity (Wildman–Crippen MR) is 82.3 cm³/mol. The summed E-state index contributed by atoms with van der Waals surface area (Å²) in [5.41, 5.74) is 7.38. The SMILES string of the molecule is Cc1ccc(Br)cc1NC(=O)CN=C(N)NC(C)C. The summed E-state index contributed by atoms with van der Waals surface area (Å²) in [5.74, 6) is 0.0748. The van der Waals surface area contributed by atoms with E-state index in [9.17, 15) is 4.79 Å². The van der Waals surface area contributed by atoms with Gasteiger partial charge in [0.25, 0.3) is 0 Å². The number of hydrogen-bond donors (Lipinski definition) is 3. The number of carbonyl (C=O) groups is 1. The molecule has 0 saturated carbocycles. The highest BCUT2D eigenvalue weighted by Crippen LogP contribution is 2.20. The Bertz CT molecular complexity index is 486. The van der Waals surface area contributed by atoms with Crippen molar-refractivity contribution >= 4 is 33.5 Å². The monoisotopic (exact) mass is 326 g/mol. The number of nitrogens with zero attached hydrogens (tertiary/aromatic N) is 1. The Morgan fingerprint density at radius 1 is 1.47 bits per heavy atom. The Morgan fingerprint density at radius 3 is 2.79 bits per heavy atom. The maximum Gasteiger partial charge on any atom is 0.246 e. The largest absolute Gasteiger partial charge is 0.370 e. The molecular weight excluding hydrogens is 308 g/mol. The fraction of sp³-hybridized carbons (Fsp3) is 0.385. The number of carbonyl (C=O) groups excluding carboxylic acids is 1. The molecule has 1 aromatic rings. The minimum Gasteiger partial charge on any atom is -0.370 e. The van der Waals surface area contributed by atoms with Gasteiger partial charge < -0.3 is 16.4 Å². The lowest BCUT2D eigenvalue weighted by Crippen LogP contribution is -2.37. The van der Waals surface area contributed by atoms with Crippen LogP contribution >= 0.6 is 15.9 Å². The number of amides is 1. The molecule has 0 aliphatic carbocycles. The van der Waals surface area contributed by atoms with Crippen molar-refractivity contribution in [2.45, 2.75) is 26.8 Å². The average molecular weight is 327 g/mol. The Balaban J connectivity index is 2.58. The zero-order valence-electron chi connectivity index (χ0n) is 11.3. The molecule has 0 heterocycles.